The first-order chi connectivity index (χ1) is 23.6. The number of alkyl carbamates (subject to hydrolysis) is 2. The Morgan fingerprint density at radius 2 is 0.962 bits per heavy atom. The van der Waals surface area contributed by atoms with Gasteiger partial charge < -0.3 is 28.7 Å². The highest BCUT2D eigenvalue weighted by Crippen LogP contribution is 2.14. The van der Waals surface area contributed by atoms with E-state index in [1.165, 1.54) is 0 Å². The topological polar surface area (TPSA) is 194 Å². The van der Waals surface area contributed by atoms with Gasteiger partial charge in [-0.3, -0.25) is 15.6 Å². The number of rotatable bonds is 17. The molecule has 304 valence electrons. The summed E-state index contributed by atoms with van der Waals surface area (Å²) in [7, 11) is -3.37. The lowest BCUT2D eigenvalue weighted by molar-refractivity contribution is 0.0209. The number of amides is 4. The van der Waals surface area contributed by atoms with Crippen molar-refractivity contribution < 1.29 is 46.5 Å². The molecule has 0 saturated heterocycles. The number of nitrogens with zero attached hydrogens (tertiary/aromatic N) is 3. The van der Waals surface area contributed by atoms with Gasteiger partial charge in [0.05, 0.1) is 5.75 Å². The van der Waals surface area contributed by atoms with Gasteiger partial charge in [-0.05, 0) is 115 Å². The molecule has 0 aromatic carbocycles. The highest BCUT2D eigenvalue weighted by Gasteiger charge is 2.25. The van der Waals surface area contributed by atoms with E-state index in [0.29, 0.717) is 45.2 Å². The van der Waals surface area contributed by atoms with Crippen molar-refractivity contribution in [2.75, 3.05) is 45.0 Å². The summed E-state index contributed by atoms with van der Waals surface area (Å²) in [4.78, 5) is 58.4. The number of carbonyl (C=O) groups is 4. The van der Waals surface area contributed by atoms with Gasteiger partial charge in [0.1, 0.15) is 22.4 Å². The maximum atomic E-state index is 13.1. The first kappa shape index (κ1) is 48.7. The van der Waals surface area contributed by atoms with Crippen LogP contribution in [0.2, 0.25) is 0 Å². The lowest BCUT2D eigenvalue weighted by atomic mass is 10.2. The predicted molar refractivity (Wildman–Crippen MR) is 202 cm³/mol. The minimum absolute atomic E-state index is 0.0624. The van der Waals surface area contributed by atoms with Crippen molar-refractivity contribution in [1.29, 1.82) is 0 Å². The van der Waals surface area contributed by atoms with Crippen LogP contribution in [0.1, 0.15) is 129 Å². The Morgan fingerprint density at radius 1 is 0.577 bits per heavy atom. The fourth-order valence-electron chi connectivity index (χ4n) is 4.11. The van der Waals surface area contributed by atoms with Gasteiger partial charge in [-0.1, -0.05) is 13.3 Å². The highest BCUT2D eigenvalue weighted by atomic mass is 32.2. The van der Waals surface area contributed by atoms with Crippen LogP contribution in [-0.4, -0.2) is 116 Å². The molecule has 0 spiro atoms. The zero-order valence-corrected chi connectivity index (χ0v) is 34.8. The molecule has 0 aromatic heterocycles. The fraction of sp³-hybridized carbons (Fsp3) is 0.857. The molecule has 0 radical (unpaired) electrons. The molecule has 0 aliphatic heterocycles. The quantitative estimate of drug-likeness (QED) is 0.0670. The molecular weight excluding hydrogens is 696 g/mol. The molecule has 0 aliphatic rings. The molecule has 0 heterocycles. The van der Waals surface area contributed by atoms with Gasteiger partial charge in [0.15, 0.2) is 0 Å². The van der Waals surface area contributed by atoms with Crippen molar-refractivity contribution in [1.82, 2.24) is 25.2 Å². The predicted octanol–water partition coefficient (Wildman–Crippen LogP) is 6.15. The Bertz CT molecular complexity index is 1230. The number of ether oxygens (including phenoxy) is 4. The van der Waals surface area contributed by atoms with Crippen molar-refractivity contribution in [2.45, 2.75) is 151 Å². The molecule has 17 heteroatoms. The minimum Gasteiger partial charge on any atom is -0.444 e. The minimum atomic E-state index is -3.37. The van der Waals surface area contributed by atoms with Crippen LogP contribution in [0.5, 0.6) is 0 Å². The average Bonchev–Trinajstić information content (AvgIpc) is 2.92. The van der Waals surface area contributed by atoms with E-state index in [4.69, 9.17) is 18.9 Å². The van der Waals surface area contributed by atoms with Crippen LogP contribution in [0.15, 0.2) is 4.99 Å². The standard InChI is InChI=1S/C35H68N6O10S/c1-14-15-26-52(46,47)37-21-19-25-41(31(45)51-35(11,12)13)23-17-16-22-40(30(44)50-34(8,9)10)24-18-20-36-27(38-28(42)48-32(2,3)4)39-29(43)49-33(5,6)7/h37H,14-26H2,1-13H3,(H2,36,38,39,42,43). The summed E-state index contributed by atoms with van der Waals surface area (Å²) in [5.74, 6) is -0.101. The summed E-state index contributed by atoms with van der Waals surface area (Å²) >= 11 is 0. The molecule has 0 unspecified atom stereocenters. The van der Waals surface area contributed by atoms with Crippen LogP contribution in [0.3, 0.4) is 0 Å². The summed E-state index contributed by atoms with van der Waals surface area (Å²) in [5.41, 5.74) is -3.01. The van der Waals surface area contributed by atoms with Crippen molar-refractivity contribution in [3.63, 3.8) is 0 Å². The van der Waals surface area contributed by atoms with Crippen LogP contribution in [-0.2, 0) is 29.0 Å². The van der Waals surface area contributed by atoms with Crippen molar-refractivity contribution in [3.8, 4) is 0 Å². The SMILES string of the molecule is CCCCS(=O)(=O)NCCCN(CCCCN(CCCN=C(NC(=O)OC(C)(C)C)NC(=O)OC(C)(C)C)C(=O)OC(C)(C)C)C(=O)OC(C)(C)C. The first-order valence-corrected chi connectivity index (χ1v) is 19.7. The number of carbonyl (C=O) groups excluding carboxylic acids is 4. The number of nitrogens with one attached hydrogen (secondary N) is 3. The molecule has 16 nitrogen and oxygen atoms in total. The van der Waals surface area contributed by atoms with Gasteiger partial charge in [-0.15, -0.1) is 0 Å². The largest absolute Gasteiger partial charge is 0.444 e. The highest BCUT2D eigenvalue weighted by molar-refractivity contribution is 7.89. The third kappa shape index (κ3) is 27.3. The lowest BCUT2D eigenvalue weighted by Crippen LogP contribution is -2.47. The van der Waals surface area contributed by atoms with Crippen LogP contribution >= 0.6 is 0 Å². The van der Waals surface area contributed by atoms with Gasteiger partial charge in [0, 0.05) is 39.3 Å². The smallest absolute Gasteiger partial charge is 0.414 e. The molecule has 0 saturated carbocycles. The number of guanidine groups is 1. The van der Waals surface area contributed by atoms with E-state index in [0.717, 1.165) is 6.42 Å². The molecule has 0 fully saturated rings. The summed E-state index contributed by atoms with van der Waals surface area (Å²) in [6.45, 7) is 24.3. The zero-order valence-electron chi connectivity index (χ0n) is 34.0. The number of hydrogen-bond acceptors (Lipinski definition) is 11. The summed E-state index contributed by atoms with van der Waals surface area (Å²) in [6.07, 6.45) is 0.514. The summed E-state index contributed by atoms with van der Waals surface area (Å²) < 4.78 is 48.7. The maximum Gasteiger partial charge on any atom is 0.414 e. The van der Waals surface area contributed by atoms with E-state index in [2.05, 4.69) is 20.3 Å². The van der Waals surface area contributed by atoms with E-state index >= 15 is 0 Å². The van der Waals surface area contributed by atoms with Gasteiger partial charge in [0.25, 0.3) is 0 Å². The molecule has 0 aromatic rings. The monoisotopic (exact) mass is 764 g/mol. The zero-order chi connectivity index (χ0) is 40.4. The van der Waals surface area contributed by atoms with Crippen LogP contribution in [0, 0.1) is 0 Å². The van der Waals surface area contributed by atoms with Crippen molar-refractivity contribution in [2.24, 2.45) is 4.99 Å². The number of aliphatic imine (C=N–C) groups is 1. The molecule has 0 aliphatic carbocycles. The van der Waals surface area contributed by atoms with Crippen LogP contribution < -0.4 is 15.4 Å². The van der Waals surface area contributed by atoms with Gasteiger partial charge in [0.2, 0.25) is 16.0 Å². The summed E-state index contributed by atoms with van der Waals surface area (Å²) in [6, 6.07) is 0. The third-order valence-electron chi connectivity index (χ3n) is 6.20. The Kier molecular flexibility index (Phi) is 20.6. The van der Waals surface area contributed by atoms with E-state index < -0.39 is 56.8 Å². The first-order valence-electron chi connectivity index (χ1n) is 18.1. The van der Waals surface area contributed by atoms with E-state index in [9.17, 15) is 27.6 Å². The molecule has 0 atom stereocenters. The second kappa shape index (κ2) is 22.0. The fourth-order valence-corrected chi connectivity index (χ4v) is 5.38. The average molecular weight is 765 g/mol. The normalized spacial score (nSPS) is 12.3. The third-order valence-corrected chi connectivity index (χ3v) is 7.67. The van der Waals surface area contributed by atoms with Gasteiger partial charge >= 0.3 is 24.4 Å². The molecular formula is C35H68N6O10S. The van der Waals surface area contributed by atoms with Crippen molar-refractivity contribution in [3.05, 3.63) is 0 Å². The molecule has 3 N–H and O–H groups in total. The molecule has 4 amide bonds. The Hall–Kier alpha value is -3.34. The van der Waals surface area contributed by atoms with E-state index in [1.807, 2.05) is 6.92 Å². The molecule has 0 bridgehead atoms. The van der Waals surface area contributed by atoms with Crippen LogP contribution in [0.25, 0.3) is 0 Å². The van der Waals surface area contributed by atoms with Gasteiger partial charge in [-0.25, -0.2) is 32.3 Å². The van der Waals surface area contributed by atoms with E-state index in [1.54, 1.807) is 92.9 Å². The molecule has 0 rings (SSSR count). The second-order valence-corrected chi connectivity index (χ2v) is 18.3. The summed E-state index contributed by atoms with van der Waals surface area (Å²) in [5, 5.41) is 4.87. The van der Waals surface area contributed by atoms with Gasteiger partial charge in [-0.2, -0.15) is 0 Å². The molecule has 52 heavy (non-hydrogen) atoms. The van der Waals surface area contributed by atoms with Crippen LogP contribution in [0.4, 0.5) is 19.2 Å². The Morgan fingerprint density at radius 3 is 1.35 bits per heavy atom. The Balaban J connectivity index is 5.59. The number of sulfonamides is 1. The maximum absolute atomic E-state index is 13.1. The second-order valence-electron chi connectivity index (χ2n) is 16.4. The number of hydrogen-bond donors (Lipinski definition) is 3. The number of unbranched alkanes of at least 4 members (excludes halogenated alkanes) is 2. The van der Waals surface area contributed by atoms with Crippen molar-refractivity contribution >= 4 is 40.4 Å². The Labute approximate surface area is 312 Å². The van der Waals surface area contributed by atoms with E-state index in [-0.39, 0.29) is 37.9 Å². The lowest BCUT2D eigenvalue weighted by Gasteiger charge is -2.29.